The van der Waals surface area contributed by atoms with E-state index in [4.69, 9.17) is 18.9 Å². The molecule has 0 bridgehead atoms. The summed E-state index contributed by atoms with van der Waals surface area (Å²) in [6, 6.07) is 27.4. The van der Waals surface area contributed by atoms with Crippen LogP contribution in [0.4, 0.5) is 4.39 Å². The SMILES string of the molecule is COc1ccc(CCNC(=O)C(=Cc2ccc(OCCOc3ccccc3F)cc2)NC(=O)c2ccccc2)cc1OC. The molecule has 9 heteroatoms. The first kappa shape index (κ1) is 30.6. The molecule has 43 heavy (non-hydrogen) atoms. The molecule has 0 aliphatic carbocycles. The van der Waals surface area contributed by atoms with Gasteiger partial charge in [0.25, 0.3) is 11.8 Å². The Balaban J connectivity index is 1.39. The number of amides is 2. The van der Waals surface area contributed by atoms with Crippen LogP contribution in [-0.4, -0.2) is 45.8 Å². The van der Waals surface area contributed by atoms with E-state index in [-0.39, 0.29) is 24.7 Å². The van der Waals surface area contributed by atoms with Crippen molar-refractivity contribution in [2.75, 3.05) is 34.0 Å². The summed E-state index contributed by atoms with van der Waals surface area (Å²) in [6.07, 6.45) is 2.14. The van der Waals surface area contributed by atoms with Crippen molar-refractivity contribution in [2.24, 2.45) is 0 Å². The van der Waals surface area contributed by atoms with Crippen LogP contribution in [0.25, 0.3) is 6.08 Å². The Morgan fingerprint density at radius 2 is 1.47 bits per heavy atom. The van der Waals surface area contributed by atoms with E-state index in [2.05, 4.69) is 10.6 Å². The van der Waals surface area contributed by atoms with Gasteiger partial charge in [-0.3, -0.25) is 9.59 Å². The fourth-order valence-corrected chi connectivity index (χ4v) is 4.09. The van der Waals surface area contributed by atoms with Crippen LogP contribution in [0.3, 0.4) is 0 Å². The summed E-state index contributed by atoms with van der Waals surface area (Å²) >= 11 is 0. The molecule has 0 fully saturated rings. The van der Waals surface area contributed by atoms with Gasteiger partial charge in [0.15, 0.2) is 23.1 Å². The summed E-state index contributed by atoms with van der Waals surface area (Å²) in [5.74, 6) is 0.691. The summed E-state index contributed by atoms with van der Waals surface area (Å²) in [7, 11) is 3.14. The van der Waals surface area contributed by atoms with Crippen molar-refractivity contribution in [3.63, 3.8) is 0 Å². The van der Waals surface area contributed by atoms with Crippen LogP contribution in [0.15, 0.2) is 103 Å². The molecule has 4 aromatic rings. The maximum absolute atomic E-state index is 13.7. The Morgan fingerprint density at radius 1 is 0.767 bits per heavy atom. The summed E-state index contributed by atoms with van der Waals surface area (Å²) in [5, 5.41) is 5.61. The quantitative estimate of drug-likeness (QED) is 0.152. The molecule has 0 atom stereocenters. The molecular formula is C34H33FN2O6. The van der Waals surface area contributed by atoms with Crippen molar-refractivity contribution in [1.82, 2.24) is 10.6 Å². The summed E-state index contributed by atoms with van der Waals surface area (Å²) < 4.78 is 35.4. The van der Waals surface area contributed by atoms with Crippen LogP contribution in [0.5, 0.6) is 23.0 Å². The highest BCUT2D eigenvalue weighted by molar-refractivity contribution is 6.05. The van der Waals surface area contributed by atoms with Gasteiger partial charge < -0.3 is 29.6 Å². The average molecular weight is 585 g/mol. The molecular weight excluding hydrogens is 551 g/mol. The van der Waals surface area contributed by atoms with Crippen molar-refractivity contribution in [3.05, 3.63) is 125 Å². The number of methoxy groups -OCH3 is 2. The first-order valence-corrected chi connectivity index (χ1v) is 13.6. The molecule has 4 aromatic carbocycles. The minimum Gasteiger partial charge on any atom is -0.493 e. The maximum atomic E-state index is 13.7. The molecule has 4 rings (SSSR count). The van der Waals surface area contributed by atoms with Gasteiger partial charge >= 0.3 is 0 Å². The highest BCUT2D eigenvalue weighted by atomic mass is 19.1. The van der Waals surface area contributed by atoms with Crippen molar-refractivity contribution in [2.45, 2.75) is 6.42 Å². The topological polar surface area (TPSA) is 95.1 Å². The lowest BCUT2D eigenvalue weighted by Crippen LogP contribution is -2.35. The number of hydrogen-bond acceptors (Lipinski definition) is 6. The third kappa shape index (κ3) is 9.09. The number of benzene rings is 4. The van der Waals surface area contributed by atoms with E-state index in [0.29, 0.717) is 41.3 Å². The van der Waals surface area contributed by atoms with E-state index < -0.39 is 17.6 Å². The first-order valence-electron chi connectivity index (χ1n) is 13.6. The second-order valence-corrected chi connectivity index (χ2v) is 9.27. The van der Waals surface area contributed by atoms with E-state index in [0.717, 1.165) is 5.56 Å². The largest absolute Gasteiger partial charge is 0.493 e. The van der Waals surface area contributed by atoms with Crippen LogP contribution in [0, 0.1) is 5.82 Å². The normalized spacial score (nSPS) is 10.9. The van der Waals surface area contributed by atoms with Crippen LogP contribution < -0.4 is 29.6 Å². The lowest BCUT2D eigenvalue weighted by atomic mass is 10.1. The summed E-state index contributed by atoms with van der Waals surface area (Å²) in [4.78, 5) is 26.1. The Kier molecular flexibility index (Phi) is 11.1. The Morgan fingerprint density at radius 3 is 2.19 bits per heavy atom. The van der Waals surface area contributed by atoms with Crippen molar-refractivity contribution in [1.29, 1.82) is 0 Å². The molecule has 0 radical (unpaired) electrons. The fourth-order valence-electron chi connectivity index (χ4n) is 4.09. The van der Waals surface area contributed by atoms with E-state index in [9.17, 15) is 14.0 Å². The Hall–Kier alpha value is -5.31. The van der Waals surface area contributed by atoms with E-state index in [1.807, 2.05) is 24.3 Å². The van der Waals surface area contributed by atoms with Crippen LogP contribution in [0.1, 0.15) is 21.5 Å². The highest BCUT2D eigenvalue weighted by Gasteiger charge is 2.15. The third-order valence-electron chi connectivity index (χ3n) is 6.31. The first-order chi connectivity index (χ1) is 21.0. The van der Waals surface area contributed by atoms with Crippen molar-refractivity contribution >= 4 is 17.9 Å². The van der Waals surface area contributed by atoms with Crippen molar-refractivity contribution < 1.29 is 32.9 Å². The molecule has 0 unspecified atom stereocenters. The van der Waals surface area contributed by atoms with Crippen LogP contribution in [0.2, 0.25) is 0 Å². The number of ether oxygens (including phenoxy) is 4. The monoisotopic (exact) mass is 584 g/mol. The van der Waals surface area contributed by atoms with Crippen molar-refractivity contribution in [3.8, 4) is 23.0 Å². The van der Waals surface area contributed by atoms with Crippen LogP contribution >= 0.6 is 0 Å². The number of hydrogen-bond donors (Lipinski definition) is 2. The summed E-state index contributed by atoms with van der Waals surface area (Å²) in [6.45, 7) is 0.709. The minimum atomic E-state index is -0.435. The molecule has 8 nitrogen and oxygen atoms in total. The number of nitrogens with one attached hydrogen (secondary N) is 2. The molecule has 0 spiro atoms. The molecule has 0 saturated carbocycles. The van der Waals surface area contributed by atoms with E-state index in [1.54, 1.807) is 87.0 Å². The van der Waals surface area contributed by atoms with Gasteiger partial charge in [0.05, 0.1) is 14.2 Å². The predicted molar refractivity (Wildman–Crippen MR) is 162 cm³/mol. The second kappa shape index (κ2) is 15.6. The average Bonchev–Trinajstić information content (AvgIpc) is 3.04. The number of rotatable bonds is 14. The fraction of sp³-hybridized carbons (Fsp3) is 0.176. The van der Waals surface area contributed by atoms with Gasteiger partial charge in [-0.2, -0.15) is 0 Å². The number of carbonyl (C=O) groups is 2. The summed E-state index contributed by atoms with van der Waals surface area (Å²) in [5.41, 5.74) is 2.14. The maximum Gasteiger partial charge on any atom is 0.267 e. The highest BCUT2D eigenvalue weighted by Crippen LogP contribution is 2.27. The molecule has 0 aliphatic rings. The zero-order chi connectivity index (χ0) is 30.4. The Labute approximate surface area is 250 Å². The predicted octanol–water partition coefficient (Wildman–Crippen LogP) is 5.43. The number of carbonyl (C=O) groups excluding carboxylic acids is 2. The zero-order valence-electron chi connectivity index (χ0n) is 24.0. The standard InChI is InChI=1S/C34H33FN2O6/c1-40-31-17-14-25(23-32(31)41-2)18-19-36-34(39)29(37-33(38)26-8-4-3-5-9-26)22-24-12-15-27(16-13-24)42-20-21-43-30-11-7-6-10-28(30)35/h3-17,22-23H,18-21H2,1-2H3,(H,36,39)(H,37,38). The third-order valence-corrected chi connectivity index (χ3v) is 6.31. The molecule has 2 amide bonds. The van der Waals surface area contributed by atoms with E-state index >= 15 is 0 Å². The lowest BCUT2D eigenvalue weighted by Gasteiger charge is -2.13. The molecule has 0 saturated heterocycles. The number of para-hydroxylation sites is 1. The van der Waals surface area contributed by atoms with Gasteiger partial charge in [-0.25, -0.2) is 4.39 Å². The molecule has 2 N–H and O–H groups in total. The van der Waals surface area contributed by atoms with Gasteiger partial charge in [-0.1, -0.05) is 48.5 Å². The second-order valence-electron chi connectivity index (χ2n) is 9.27. The molecule has 222 valence electrons. The van der Waals surface area contributed by atoms with E-state index in [1.165, 1.54) is 6.07 Å². The van der Waals surface area contributed by atoms with Gasteiger partial charge in [-0.15, -0.1) is 0 Å². The minimum absolute atomic E-state index is 0.0909. The molecule has 0 aromatic heterocycles. The van der Waals surface area contributed by atoms with Gasteiger partial charge in [0.1, 0.15) is 24.7 Å². The van der Waals surface area contributed by atoms with Crippen LogP contribution in [-0.2, 0) is 11.2 Å². The smallest absolute Gasteiger partial charge is 0.267 e. The Bertz CT molecular complexity index is 1540. The van der Waals surface area contributed by atoms with Gasteiger partial charge in [0, 0.05) is 12.1 Å². The molecule has 0 aliphatic heterocycles. The lowest BCUT2D eigenvalue weighted by molar-refractivity contribution is -0.117. The number of halogens is 1. The zero-order valence-corrected chi connectivity index (χ0v) is 24.0. The molecule has 0 heterocycles. The van der Waals surface area contributed by atoms with Gasteiger partial charge in [-0.05, 0) is 72.2 Å². The van der Waals surface area contributed by atoms with Gasteiger partial charge in [0.2, 0.25) is 0 Å².